The lowest BCUT2D eigenvalue weighted by Crippen LogP contribution is -2.37. The van der Waals surface area contributed by atoms with Crippen molar-refractivity contribution in [2.45, 2.75) is 31.4 Å². The number of anilines is 2. The third kappa shape index (κ3) is 3.45. The first-order valence-corrected chi connectivity index (χ1v) is 11.4. The van der Waals surface area contributed by atoms with Crippen LogP contribution in [0.1, 0.15) is 25.3 Å². The van der Waals surface area contributed by atoms with Gasteiger partial charge in [-0.05, 0) is 36.4 Å². The molecule has 2 amide bonds. The normalized spacial score (nSPS) is 20.0. The van der Waals surface area contributed by atoms with E-state index in [-0.39, 0.29) is 24.3 Å². The van der Waals surface area contributed by atoms with Crippen molar-refractivity contribution in [1.29, 1.82) is 0 Å². The van der Waals surface area contributed by atoms with Crippen LogP contribution in [0.5, 0.6) is 0 Å². The average Bonchev–Trinajstić information content (AvgIpc) is 3.53. The van der Waals surface area contributed by atoms with Crippen LogP contribution in [0.2, 0.25) is 0 Å². The van der Waals surface area contributed by atoms with E-state index in [1.165, 1.54) is 0 Å². The summed E-state index contributed by atoms with van der Waals surface area (Å²) in [5, 5.41) is 5.05. The first-order chi connectivity index (χ1) is 16.2. The van der Waals surface area contributed by atoms with Crippen molar-refractivity contribution < 1.29 is 14.3 Å². The molecule has 1 fully saturated rings. The summed E-state index contributed by atoms with van der Waals surface area (Å²) >= 11 is 0. The molecule has 0 spiro atoms. The molecule has 1 saturated heterocycles. The van der Waals surface area contributed by atoms with E-state index < -0.39 is 6.04 Å². The fraction of sp³-hybridized carbons (Fsp3) is 0.269. The van der Waals surface area contributed by atoms with Gasteiger partial charge in [0, 0.05) is 17.7 Å². The van der Waals surface area contributed by atoms with Crippen molar-refractivity contribution in [2.75, 3.05) is 23.4 Å². The fourth-order valence-corrected chi connectivity index (χ4v) is 4.97. The van der Waals surface area contributed by atoms with Crippen molar-refractivity contribution in [3.8, 4) is 0 Å². The largest absolute Gasteiger partial charge is 0.376 e. The van der Waals surface area contributed by atoms with Crippen LogP contribution in [0.4, 0.5) is 11.6 Å². The van der Waals surface area contributed by atoms with Crippen molar-refractivity contribution >= 4 is 45.3 Å². The Hall–Kier alpha value is -3.71. The predicted octanol–water partition coefficient (Wildman–Crippen LogP) is 4.29. The molecule has 0 aliphatic carbocycles. The highest BCUT2D eigenvalue weighted by atomic mass is 16.5. The molecular weight excluding hydrogens is 416 g/mol. The number of fused-ring (bicyclic) bond motifs is 4. The third-order valence-corrected chi connectivity index (χ3v) is 6.53. The summed E-state index contributed by atoms with van der Waals surface area (Å²) in [4.78, 5) is 33.1. The van der Waals surface area contributed by atoms with Crippen LogP contribution in [-0.4, -0.2) is 40.6 Å². The second-order valence-corrected chi connectivity index (χ2v) is 8.65. The minimum atomic E-state index is -0.635. The summed E-state index contributed by atoms with van der Waals surface area (Å²) < 4.78 is 7.69. The minimum Gasteiger partial charge on any atom is -0.376 e. The smallest absolute Gasteiger partial charge is 0.253 e. The molecule has 6 rings (SSSR count). The first kappa shape index (κ1) is 19.9. The first-order valence-electron chi connectivity index (χ1n) is 11.4. The lowest BCUT2D eigenvalue weighted by atomic mass is 10.1. The molecule has 33 heavy (non-hydrogen) atoms. The number of carbonyl (C=O) groups is 2. The molecule has 7 heteroatoms. The molecule has 0 radical (unpaired) electrons. The molecule has 166 valence electrons. The summed E-state index contributed by atoms with van der Waals surface area (Å²) in [6.07, 6.45) is 1.97. The number of para-hydroxylation sites is 2. The maximum atomic E-state index is 13.5. The Labute approximate surface area is 191 Å². The van der Waals surface area contributed by atoms with E-state index in [0.29, 0.717) is 12.5 Å². The zero-order valence-corrected chi connectivity index (χ0v) is 18.1. The topological polar surface area (TPSA) is 76.5 Å². The van der Waals surface area contributed by atoms with Crippen LogP contribution in [-0.2, 0) is 14.3 Å². The number of carbonyl (C=O) groups excluding carboxylic acids is 2. The number of ether oxygens (including phenoxy) is 1. The van der Waals surface area contributed by atoms with Crippen LogP contribution < -0.4 is 10.2 Å². The van der Waals surface area contributed by atoms with Gasteiger partial charge in [-0.25, -0.2) is 4.98 Å². The summed E-state index contributed by atoms with van der Waals surface area (Å²) in [5.41, 5.74) is 2.42. The number of imidazole rings is 1. The van der Waals surface area contributed by atoms with Gasteiger partial charge in [0.1, 0.15) is 6.04 Å². The van der Waals surface area contributed by atoms with E-state index in [0.717, 1.165) is 46.9 Å². The Bertz CT molecular complexity index is 1370. The summed E-state index contributed by atoms with van der Waals surface area (Å²) in [6.45, 7) is 1.18. The van der Waals surface area contributed by atoms with E-state index >= 15 is 0 Å². The van der Waals surface area contributed by atoms with E-state index in [9.17, 15) is 9.59 Å². The van der Waals surface area contributed by atoms with Crippen LogP contribution >= 0.6 is 0 Å². The molecule has 1 N–H and O–H groups in total. The van der Waals surface area contributed by atoms with Gasteiger partial charge in [0.2, 0.25) is 11.9 Å². The number of nitrogens with zero attached hydrogens (tertiary/aromatic N) is 3. The molecule has 3 heterocycles. The number of benzene rings is 3. The molecule has 2 aliphatic rings. The van der Waals surface area contributed by atoms with Gasteiger partial charge in [-0.1, -0.05) is 48.5 Å². The Balaban J connectivity index is 1.31. The van der Waals surface area contributed by atoms with Crippen LogP contribution in [0.25, 0.3) is 21.8 Å². The number of aromatic nitrogens is 2. The number of amides is 2. The molecule has 3 aromatic carbocycles. The summed E-state index contributed by atoms with van der Waals surface area (Å²) in [7, 11) is 0. The monoisotopic (exact) mass is 440 g/mol. The summed E-state index contributed by atoms with van der Waals surface area (Å²) in [6, 6.07) is 20.8. The highest BCUT2D eigenvalue weighted by Gasteiger charge is 2.42. The fourth-order valence-electron chi connectivity index (χ4n) is 4.97. The van der Waals surface area contributed by atoms with Gasteiger partial charge in [-0.2, -0.15) is 0 Å². The predicted molar refractivity (Wildman–Crippen MR) is 127 cm³/mol. The molecule has 0 unspecified atom stereocenters. The standard InChI is InChI=1S/C26H24N4O3/c31-24(27-20-12-5-8-17-7-1-2-10-19(17)20)15-23-25(32)29(16-18-9-6-14-33-18)26-28-21-11-3-4-13-22(21)30(23)26/h1-5,7-8,10-13,18,23H,6,9,14-16H2,(H,27,31)/t18-,23-/m1/s1. The minimum absolute atomic E-state index is 0.00507. The third-order valence-electron chi connectivity index (χ3n) is 6.53. The van der Waals surface area contributed by atoms with E-state index in [4.69, 9.17) is 9.72 Å². The van der Waals surface area contributed by atoms with Crippen LogP contribution in [0.15, 0.2) is 66.7 Å². The Morgan fingerprint density at radius 3 is 2.76 bits per heavy atom. The molecule has 0 bridgehead atoms. The molecule has 1 aromatic heterocycles. The molecule has 7 nitrogen and oxygen atoms in total. The van der Waals surface area contributed by atoms with Crippen molar-refractivity contribution in [3.63, 3.8) is 0 Å². The molecular formula is C26H24N4O3. The Morgan fingerprint density at radius 1 is 1.06 bits per heavy atom. The molecule has 2 atom stereocenters. The zero-order chi connectivity index (χ0) is 22.4. The van der Waals surface area contributed by atoms with Crippen LogP contribution in [0.3, 0.4) is 0 Å². The van der Waals surface area contributed by atoms with Crippen molar-refractivity contribution in [2.24, 2.45) is 0 Å². The lowest BCUT2D eigenvalue weighted by molar-refractivity contribution is -0.124. The lowest BCUT2D eigenvalue weighted by Gasteiger charge is -2.19. The molecule has 4 aromatic rings. The Morgan fingerprint density at radius 2 is 1.88 bits per heavy atom. The maximum absolute atomic E-state index is 13.5. The number of hydrogen-bond donors (Lipinski definition) is 1. The SMILES string of the molecule is O=C(C[C@@H]1C(=O)N(C[C@H]2CCCO2)c2nc3ccccc3n21)Nc1cccc2ccccc12. The van der Waals surface area contributed by atoms with Gasteiger partial charge >= 0.3 is 0 Å². The van der Waals surface area contributed by atoms with Gasteiger partial charge < -0.3 is 10.1 Å². The molecule has 2 aliphatic heterocycles. The number of nitrogens with one attached hydrogen (secondary N) is 1. The van der Waals surface area contributed by atoms with Gasteiger partial charge in [-0.15, -0.1) is 0 Å². The number of rotatable bonds is 5. The average molecular weight is 441 g/mol. The highest BCUT2D eigenvalue weighted by Crippen LogP contribution is 2.37. The quantitative estimate of drug-likeness (QED) is 0.502. The Kier molecular flexibility index (Phi) is 4.84. The van der Waals surface area contributed by atoms with Gasteiger partial charge in [-0.3, -0.25) is 19.1 Å². The zero-order valence-electron chi connectivity index (χ0n) is 18.1. The van der Waals surface area contributed by atoms with E-state index in [1.54, 1.807) is 4.90 Å². The van der Waals surface area contributed by atoms with Crippen LogP contribution in [0, 0.1) is 0 Å². The maximum Gasteiger partial charge on any atom is 0.253 e. The second kappa shape index (κ2) is 8.01. The summed E-state index contributed by atoms with van der Waals surface area (Å²) in [5.74, 6) is 0.291. The van der Waals surface area contributed by atoms with E-state index in [2.05, 4.69) is 5.32 Å². The van der Waals surface area contributed by atoms with Crippen molar-refractivity contribution in [3.05, 3.63) is 66.7 Å². The van der Waals surface area contributed by atoms with Gasteiger partial charge in [0.05, 0.1) is 30.1 Å². The molecule has 0 saturated carbocycles. The van der Waals surface area contributed by atoms with Gasteiger partial charge in [0.25, 0.3) is 5.91 Å². The van der Waals surface area contributed by atoms with Crippen molar-refractivity contribution in [1.82, 2.24) is 9.55 Å². The van der Waals surface area contributed by atoms with Gasteiger partial charge in [0.15, 0.2) is 0 Å². The number of hydrogen-bond acceptors (Lipinski definition) is 4. The highest BCUT2D eigenvalue weighted by molar-refractivity contribution is 6.07. The van der Waals surface area contributed by atoms with E-state index in [1.807, 2.05) is 71.3 Å². The second-order valence-electron chi connectivity index (χ2n) is 8.65.